The van der Waals surface area contributed by atoms with Crippen LogP contribution in [-0.4, -0.2) is 15.1 Å². The van der Waals surface area contributed by atoms with Crippen LogP contribution in [-0.2, 0) is 0 Å². The zero-order valence-electron chi connectivity index (χ0n) is 7.37. The Hall–Kier alpha value is -0.570. The van der Waals surface area contributed by atoms with Crippen LogP contribution in [0.2, 0.25) is 0 Å². The summed E-state index contributed by atoms with van der Waals surface area (Å²) in [6.07, 6.45) is 8.03. The molecule has 2 nitrogen and oxygen atoms in total. The van der Waals surface area contributed by atoms with E-state index in [1.165, 1.54) is 0 Å². The van der Waals surface area contributed by atoms with Crippen LogP contribution in [0, 0.1) is 0 Å². The highest BCUT2D eigenvalue weighted by atomic mass is 79.9. The number of halogens is 1. The second-order valence-corrected chi connectivity index (χ2v) is 3.55. The fourth-order valence-corrected chi connectivity index (χ4v) is 1.09. The first-order valence-corrected chi connectivity index (χ1v) is 5.13. The molecule has 0 aliphatic carbocycles. The molecule has 0 atom stereocenters. The fraction of sp³-hybridized carbons (Fsp3) is 0.444. The van der Waals surface area contributed by atoms with Crippen molar-refractivity contribution in [1.82, 2.24) is 9.78 Å². The van der Waals surface area contributed by atoms with Gasteiger partial charge in [-0.3, -0.25) is 4.68 Å². The summed E-state index contributed by atoms with van der Waals surface area (Å²) in [5, 5.41) is 5.11. The molecule has 0 N–H and O–H groups in total. The maximum atomic E-state index is 4.22. The first kappa shape index (κ1) is 9.52. The number of aromatic nitrogens is 2. The second kappa shape index (κ2) is 4.45. The molecule has 0 saturated carbocycles. The van der Waals surface area contributed by atoms with Crippen LogP contribution in [0.3, 0.4) is 0 Å². The average molecular weight is 229 g/mol. The van der Waals surface area contributed by atoms with Crippen molar-refractivity contribution in [3.05, 3.63) is 24.0 Å². The smallest absolute Gasteiger partial charge is 0.0562 e. The molecule has 66 valence electrons. The van der Waals surface area contributed by atoms with E-state index in [-0.39, 0.29) is 0 Å². The molecule has 0 amide bonds. The molecule has 1 aromatic heterocycles. The molecular formula is C9H13BrN2. The highest BCUT2D eigenvalue weighted by Crippen LogP contribution is 2.06. The van der Waals surface area contributed by atoms with Gasteiger partial charge in [-0.1, -0.05) is 28.1 Å². The molecule has 0 aromatic carbocycles. The van der Waals surface area contributed by atoms with Crippen molar-refractivity contribution in [2.45, 2.75) is 19.9 Å². The van der Waals surface area contributed by atoms with Crippen LogP contribution in [0.1, 0.15) is 25.5 Å². The Balaban J connectivity index is 2.70. The minimum atomic E-state index is 0.441. The summed E-state index contributed by atoms with van der Waals surface area (Å²) in [5.74, 6) is 0. The molecule has 0 aliphatic rings. The predicted molar refractivity (Wildman–Crippen MR) is 55.4 cm³/mol. The monoisotopic (exact) mass is 228 g/mol. The maximum Gasteiger partial charge on any atom is 0.0562 e. The lowest BCUT2D eigenvalue weighted by molar-refractivity contribution is 0.532. The Morgan fingerprint density at radius 1 is 1.67 bits per heavy atom. The molecule has 1 heterocycles. The lowest BCUT2D eigenvalue weighted by Crippen LogP contribution is -1.99. The number of hydrogen-bond acceptors (Lipinski definition) is 1. The molecular weight excluding hydrogens is 216 g/mol. The van der Waals surface area contributed by atoms with Crippen molar-refractivity contribution in [1.29, 1.82) is 0 Å². The summed E-state index contributed by atoms with van der Waals surface area (Å²) in [7, 11) is 0. The standard InChI is InChI=1S/C9H13BrN2/c1-8(2)12-7-9(6-11-12)4-3-5-10/h3-4,6-8H,5H2,1-2H3/b4-3+. The topological polar surface area (TPSA) is 17.8 Å². The molecule has 0 unspecified atom stereocenters. The third-order valence-electron chi connectivity index (χ3n) is 1.55. The Kier molecular flexibility index (Phi) is 3.53. The molecule has 0 spiro atoms. The van der Waals surface area contributed by atoms with Gasteiger partial charge in [0.05, 0.1) is 6.20 Å². The van der Waals surface area contributed by atoms with Crippen LogP contribution < -0.4 is 0 Å². The summed E-state index contributed by atoms with van der Waals surface area (Å²) in [4.78, 5) is 0. The summed E-state index contributed by atoms with van der Waals surface area (Å²) >= 11 is 3.33. The normalized spacial score (nSPS) is 11.7. The summed E-state index contributed by atoms with van der Waals surface area (Å²) in [6, 6.07) is 0.441. The van der Waals surface area contributed by atoms with Gasteiger partial charge >= 0.3 is 0 Å². The lowest BCUT2D eigenvalue weighted by Gasteiger charge is -2.02. The molecule has 0 saturated heterocycles. The van der Waals surface area contributed by atoms with Crippen molar-refractivity contribution < 1.29 is 0 Å². The van der Waals surface area contributed by atoms with Gasteiger partial charge in [0.1, 0.15) is 0 Å². The van der Waals surface area contributed by atoms with Crippen molar-refractivity contribution in [2.75, 3.05) is 5.33 Å². The zero-order chi connectivity index (χ0) is 8.97. The van der Waals surface area contributed by atoms with Gasteiger partial charge in [-0.2, -0.15) is 5.10 Å². The number of rotatable bonds is 3. The third-order valence-corrected chi connectivity index (χ3v) is 1.92. The Labute approximate surface area is 81.4 Å². The highest BCUT2D eigenvalue weighted by molar-refractivity contribution is 9.09. The van der Waals surface area contributed by atoms with Gasteiger partial charge in [-0.25, -0.2) is 0 Å². The fourth-order valence-electron chi connectivity index (χ4n) is 0.902. The van der Waals surface area contributed by atoms with E-state index in [0.29, 0.717) is 6.04 Å². The van der Waals surface area contributed by atoms with E-state index in [0.717, 1.165) is 10.9 Å². The zero-order valence-corrected chi connectivity index (χ0v) is 8.95. The van der Waals surface area contributed by atoms with E-state index >= 15 is 0 Å². The Bertz CT molecular complexity index is 263. The van der Waals surface area contributed by atoms with Gasteiger partial charge in [0.15, 0.2) is 0 Å². The van der Waals surface area contributed by atoms with Crippen LogP contribution in [0.15, 0.2) is 18.5 Å². The van der Waals surface area contributed by atoms with Crippen LogP contribution >= 0.6 is 15.9 Å². The van der Waals surface area contributed by atoms with Crippen molar-refractivity contribution in [3.63, 3.8) is 0 Å². The maximum absolute atomic E-state index is 4.22. The van der Waals surface area contributed by atoms with Crippen molar-refractivity contribution in [3.8, 4) is 0 Å². The summed E-state index contributed by atoms with van der Waals surface area (Å²) in [6.45, 7) is 4.23. The van der Waals surface area contributed by atoms with Crippen molar-refractivity contribution in [2.24, 2.45) is 0 Å². The van der Waals surface area contributed by atoms with Gasteiger partial charge in [0.2, 0.25) is 0 Å². The number of allylic oxidation sites excluding steroid dienone is 1. The average Bonchev–Trinajstić information content (AvgIpc) is 2.48. The van der Waals surface area contributed by atoms with Gasteiger partial charge in [0, 0.05) is 23.1 Å². The van der Waals surface area contributed by atoms with Gasteiger partial charge in [-0.05, 0) is 13.8 Å². The number of alkyl halides is 1. The summed E-state index contributed by atoms with van der Waals surface area (Å²) < 4.78 is 1.95. The number of hydrogen-bond donors (Lipinski definition) is 0. The van der Waals surface area contributed by atoms with E-state index in [9.17, 15) is 0 Å². The largest absolute Gasteiger partial charge is 0.270 e. The highest BCUT2D eigenvalue weighted by Gasteiger charge is 1.97. The van der Waals surface area contributed by atoms with Crippen molar-refractivity contribution >= 4 is 22.0 Å². The second-order valence-electron chi connectivity index (χ2n) is 2.90. The van der Waals surface area contributed by atoms with E-state index < -0.39 is 0 Å². The van der Waals surface area contributed by atoms with Gasteiger partial charge in [-0.15, -0.1) is 0 Å². The molecule has 0 fully saturated rings. The third kappa shape index (κ3) is 2.48. The van der Waals surface area contributed by atoms with E-state index in [1.807, 2.05) is 17.1 Å². The molecule has 0 aliphatic heterocycles. The van der Waals surface area contributed by atoms with E-state index in [1.54, 1.807) is 0 Å². The molecule has 1 rings (SSSR count). The summed E-state index contributed by atoms with van der Waals surface area (Å²) in [5.41, 5.74) is 1.16. The van der Waals surface area contributed by atoms with Gasteiger partial charge in [0.25, 0.3) is 0 Å². The predicted octanol–water partition coefficient (Wildman–Crippen LogP) is 2.87. The SMILES string of the molecule is CC(C)n1cc(/C=C/CBr)cn1. The first-order chi connectivity index (χ1) is 5.74. The van der Waals surface area contributed by atoms with Crippen LogP contribution in [0.25, 0.3) is 6.08 Å². The number of nitrogens with zero attached hydrogens (tertiary/aromatic N) is 2. The quantitative estimate of drug-likeness (QED) is 0.728. The van der Waals surface area contributed by atoms with Gasteiger partial charge < -0.3 is 0 Å². The molecule has 1 aromatic rings. The van der Waals surface area contributed by atoms with Crippen LogP contribution in [0.4, 0.5) is 0 Å². The molecule has 12 heavy (non-hydrogen) atoms. The van der Waals surface area contributed by atoms with Crippen LogP contribution in [0.5, 0.6) is 0 Å². The van der Waals surface area contributed by atoms with E-state index in [2.05, 4.69) is 47.0 Å². The molecule has 3 heteroatoms. The Morgan fingerprint density at radius 2 is 2.42 bits per heavy atom. The minimum absolute atomic E-state index is 0.441. The lowest BCUT2D eigenvalue weighted by atomic mass is 10.3. The Morgan fingerprint density at radius 3 is 2.92 bits per heavy atom. The molecule has 0 bridgehead atoms. The minimum Gasteiger partial charge on any atom is -0.270 e. The molecule has 0 radical (unpaired) electrons. The van der Waals surface area contributed by atoms with E-state index in [4.69, 9.17) is 0 Å². The first-order valence-electron chi connectivity index (χ1n) is 4.00.